The van der Waals surface area contributed by atoms with Gasteiger partial charge in [-0.3, -0.25) is 0 Å². The first-order valence-corrected chi connectivity index (χ1v) is 10.3. The fraction of sp³-hybridized carbons (Fsp3) is 0.435. The van der Waals surface area contributed by atoms with Gasteiger partial charge in [-0.05, 0) is 75.5 Å². The molecule has 1 atom stereocenters. The minimum absolute atomic E-state index is 0.127. The standard InChI is InChI=1S/C23H29ClNO2/c1-2-22(27-23-10-5-4-9-21(23)24)19-11-13-20(14-12-19)26-18-8-17-25-15-6-3-7-16-25/h4-5,9-14,22H,1-3,6-8,15-18H2. The number of hydrogen-bond donors (Lipinski definition) is 0. The summed E-state index contributed by atoms with van der Waals surface area (Å²) in [7, 11) is 0. The first kappa shape index (κ1) is 20.0. The number of nitrogens with zero attached hydrogens (tertiary/aromatic N) is 1. The second-order valence-corrected chi connectivity index (χ2v) is 7.41. The molecule has 0 aromatic heterocycles. The smallest absolute Gasteiger partial charge is 0.138 e. The molecular weight excluding hydrogens is 358 g/mol. The Hall–Kier alpha value is -1.71. The van der Waals surface area contributed by atoms with Gasteiger partial charge < -0.3 is 14.4 Å². The highest BCUT2D eigenvalue weighted by Crippen LogP contribution is 2.30. The second-order valence-electron chi connectivity index (χ2n) is 7.00. The van der Waals surface area contributed by atoms with Gasteiger partial charge in [-0.25, -0.2) is 0 Å². The molecule has 0 saturated carbocycles. The quantitative estimate of drug-likeness (QED) is 0.498. The number of piperidine rings is 1. The van der Waals surface area contributed by atoms with Gasteiger partial charge in [0.1, 0.15) is 17.6 Å². The normalized spacial score (nSPS) is 16.1. The molecule has 1 saturated heterocycles. The maximum atomic E-state index is 6.20. The van der Waals surface area contributed by atoms with Crippen molar-refractivity contribution in [1.29, 1.82) is 0 Å². The number of hydrogen-bond acceptors (Lipinski definition) is 3. The van der Waals surface area contributed by atoms with Crippen LogP contribution in [0.5, 0.6) is 11.5 Å². The van der Waals surface area contributed by atoms with E-state index in [2.05, 4.69) is 11.8 Å². The molecule has 0 spiro atoms. The third-order valence-corrected chi connectivity index (χ3v) is 5.27. The van der Waals surface area contributed by atoms with Gasteiger partial charge in [0.2, 0.25) is 0 Å². The van der Waals surface area contributed by atoms with Crippen molar-refractivity contribution in [2.75, 3.05) is 26.2 Å². The van der Waals surface area contributed by atoms with E-state index >= 15 is 0 Å². The zero-order chi connectivity index (χ0) is 18.9. The molecule has 1 aliphatic heterocycles. The van der Waals surface area contributed by atoms with E-state index in [1.165, 1.54) is 32.4 Å². The number of ether oxygens (including phenoxy) is 2. The van der Waals surface area contributed by atoms with E-state index in [-0.39, 0.29) is 6.10 Å². The van der Waals surface area contributed by atoms with E-state index < -0.39 is 0 Å². The maximum Gasteiger partial charge on any atom is 0.138 e. The maximum absolute atomic E-state index is 6.20. The van der Waals surface area contributed by atoms with E-state index in [0.29, 0.717) is 17.2 Å². The van der Waals surface area contributed by atoms with Gasteiger partial charge in [-0.2, -0.15) is 0 Å². The molecule has 1 fully saturated rings. The van der Waals surface area contributed by atoms with Gasteiger partial charge in [-0.1, -0.05) is 42.3 Å². The largest absolute Gasteiger partial charge is 0.494 e. The molecule has 0 amide bonds. The van der Waals surface area contributed by atoms with Gasteiger partial charge in [0.05, 0.1) is 11.6 Å². The van der Waals surface area contributed by atoms with Gasteiger partial charge >= 0.3 is 0 Å². The van der Waals surface area contributed by atoms with Crippen LogP contribution < -0.4 is 9.47 Å². The Bertz CT molecular complexity index is 683. The van der Waals surface area contributed by atoms with Crippen molar-refractivity contribution < 1.29 is 9.47 Å². The van der Waals surface area contributed by atoms with Crippen LogP contribution in [-0.2, 0) is 0 Å². The predicted octanol–water partition coefficient (Wildman–Crippen LogP) is 5.94. The summed E-state index contributed by atoms with van der Waals surface area (Å²) in [6.45, 7) is 8.38. The molecular formula is C23H29ClNO2. The van der Waals surface area contributed by atoms with Crippen LogP contribution in [0.15, 0.2) is 48.5 Å². The third kappa shape index (κ3) is 6.15. The Kier molecular flexibility index (Phi) is 7.85. The number of para-hydroxylation sites is 1. The van der Waals surface area contributed by atoms with E-state index in [9.17, 15) is 0 Å². The summed E-state index contributed by atoms with van der Waals surface area (Å²) in [4.78, 5) is 2.54. The lowest BCUT2D eigenvalue weighted by Gasteiger charge is -2.26. The molecule has 0 aliphatic carbocycles. The summed E-state index contributed by atoms with van der Waals surface area (Å²) in [6.07, 6.45) is 5.63. The number of rotatable bonds is 9. The molecule has 1 unspecified atom stereocenters. The van der Waals surface area contributed by atoms with Gasteiger partial charge in [0.15, 0.2) is 0 Å². The summed E-state index contributed by atoms with van der Waals surface area (Å²) in [5.41, 5.74) is 1.07. The summed E-state index contributed by atoms with van der Waals surface area (Å²) in [6, 6.07) is 15.6. The second kappa shape index (κ2) is 10.6. The lowest BCUT2D eigenvalue weighted by atomic mass is 10.1. The number of benzene rings is 2. The van der Waals surface area contributed by atoms with Gasteiger partial charge in [-0.15, -0.1) is 0 Å². The van der Waals surface area contributed by atoms with Crippen LogP contribution in [0.4, 0.5) is 0 Å². The van der Waals surface area contributed by atoms with Gasteiger partial charge in [0.25, 0.3) is 0 Å². The average molecular weight is 387 g/mol. The van der Waals surface area contributed by atoms with Crippen LogP contribution in [0.25, 0.3) is 0 Å². The fourth-order valence-corrected chi connectivity index (χ4v) is 3.61. The first-order chi connectivity index (χ1) is 13.3. The number of halogens is 1. The summed E-state index contributed by atoms with van der Waals surface area (Å²) in [5, 5.41) is 0.615. The minimum atomic E-state index is -0.127. The van der Waals surface area contributed by atoms with E-state index in [1.807, 2.05) is 48.5 Å². The fourth-order valence-electron chi connectivity index (χ4n) is 3.43. The molecule has 0 bridgehead atoms. The highest BCUT2D eigenvalue weighted by Gasteiger charge is 2.13. The Morgan fingerprint density at radius 2 is 1.74 bits per heavy atom. The van der Waals surface area contributed by atoms with Crippen LogP contribution in [0.1, 0.15) is 43.8 Å². The summed E-state index contributed by atoms with van der Waals surface area (Å²) >= 11 is 6.20. The molecule has 1 aliphatic rings. The van der Waals surface area contributed by atoms with E-state index in [1.54, 1.807) is 0 Å². The van der Waals surface area contributed by atoms with Crippen molar-refractivity contribution in [2.45, 2.75) is 38.2 Å². The molecule has 1 heterocycles. The molecule has 3 rings (SSSR count). The Morgan fingerprint density at radius 3 is 2.44 bits per heavy atom. The summed E-state index contributed by atoms with van der Waals surface area (Å²) in [5.74, 6) is 1.59. The number of likely N-dealkylation sites (tertiary alicyclic amines) is 1. The van der Waals surface area contributed by atoms with E-state index in [0.717, 1.165) is 30.9 Å². The Balaban J connectivity index is 1.47. The van der Waals surface area contributed by atoms with Crippen LogP contribution >= 0.6 is 11.6 Å². The molecule has 27 heavy (non-hydrogen) atoms. The van der Waals surface area contributed by atoms with Crippen LogP contribution in [-0.4, -0.2) is 31.1 Å². The monoisotopic (exact) mass is 386 g/mol. The Morgan fingerprint density at radius 1 is 1.00 bits per heavy atom. The average Bonchev–Trinajstić information content (AvgIpc) is 2.72. The molecule has 0 N–H and O–H groups in total. The summed E-state index contributed by atoms with van der Waals surface area (Å²) < 4.78 is 11.9. The van der Waals surface area contributed by atoms with E-state index in [4.69, 9.17) is 21.1 Å². The topological polar surface area (TPSA) is 21.7 Å². The highest BCUT2D eigenvalue weighted by atomic mass is 35.5. The molecule has 3 nitrogen and oxygen atoms in total. The van der Waals surface area contributed by atoms with Crippen molar-refractivity contribution in [3.63, 3.8) is 0 Å². The molecule has 145 valence electrons. The van der Waals surface area contributed by atoms with Gasteiger partial charge in [0, 0.05) is 6.54 Å². The Labute approximate surface area is 168 Å². The van der Waals surface area contributed by atoms with Crippen LogP contribution in [0, 0.1) is 6.92 Å². The van der Waals surface area contributed by atoms with Crippen LogP contribution in [0.2, 0.25) is 5.02 Å². The molecule has 2 aromatic rings. The van der Waals surface area contributed by atoms with Crippen molar-refractivity contribution >= 4 is 11.6 Å². The van der Waals surface area contributed by atoms with Crippen molar-refractivity contribution in [3.8, 4) is 11.5 Å². The zero-order valence-electron chi connectivity index (χ0n) is 15.9. The van der Waals surface area contributed by atoms with Crippen LogP contribution in [0.3, 0.4) is 0 Å². The zero-order valence-corrected chi connectivity index (χ0v) is 16.7. The van der Waals surface area contributed by atoms with Crippen molar-refractivity contribution in [3.05, 3.63) is 66.0 Å². The first-order valence-electron chi connectivity index (χ1n) is 9.92. The predicted molar refractivity (Wildman–Crippen MR) is 112 cm³/mol. The van der Waals surface area contributed by atoms with Crippen molar-refractivity contribution in [2.24, 2.45) is 0 Å². The molecule has 4 heteroatoms. The highest BCUT2D eigenvalue weighted by molar-refractivity contribution is 6.32. The molecule has 2 aromatic carbocycles. The lowest BCUT2D eigenvalue weighted by Crippen LogP contribution is -2.31. The van der Waals surface area contributed by atoms with Crippen molar-refractivity contribution in [1.82, 2.24) is 4.90 Å². The lowest BCUT2D eigenvalue weighted by molar-refractivity contribution is 0.204. The minimum Gasteiger partial charge on any atom is -0.494 e. The third-order valence-electron chi connectivity index (χ3n) is 4.96. The SMILES string of the molecule is [CH2]CC(Oc1ccccc1Cl)c1ccc(OCCCN2CCCCC2)cc1. The molecule has 1 radical (unpaired) electrons.